The summed E-state index contributed by atoms with van der Waals surface area (Å²) in [7, 11) is 2.24. The van der Waals surface area contributed by atoms with Gasteiger partial charge in [0.25, 0.3) is 0 Å². The summed E-state index contributed by atoms with van der Waals surface area (Å²) in [5.74, 6) is 2.75. The predicted octanol–water partition coefficient (Wildman–Crippen LogP) is 2.23. The third kappa shape index (κ3) is 1.96. The summed E-state index contributed by atoms with van der Waals surface area (Å²) in [6.45, 7) is 9.70. The van der Waals surface area contributed by atoms with E-state index in [0.29, 0.717) is 0 Å². The van der Waals surface area contributed by atoms with E-state index in [1.165, 1.54) is 19.5 Å². The number of nitrogens with zero attached hydrogens (tertiary/aromatic N) is 1. The molecule has 1 rings (SSSR count). The van der Waals surface area contributed by atoms with Crippen LogP contribution in [0.4, 0.5) is 0 Å². The van der Waals surface area contributed by atoms with Crippen LogP contribution in [-0.2, 0) is 0 Å². The van der Waals surface area contributed by atoms with Gasteiger partial charge in [0, 0.05) is 13.1 Å². The Labute approximate surface area is 70.8 Å². The average Bonchev–Trinajstić information content (AvgIpc) is 1.96. The molecule has 1 heteroatoms. The Hall–Kier alpha value is -0.0400. The van der Waals surface area contributed by atoms with E-state index in [1.807, 2.05) is 0 Å². The van der Waals surface area contributed by atoms with Crippen LogP contribution in [0.5, 0.6) is 0 Å². The molecule has 0 aromatic carbocycles. The summed E-state index contributed by atoms with van der Waals surface area (Å²) in [5, 5.41) is 0. The van der Waals surface area contributed by atoms with Gasteiger partial charge in [-0.2, -0.15) is 0 Å². The maximum Gasteiger partial charge on any atom is 0.000928 e. The summed E-state index contributed by atoms with van der Waals surface area (Å²) in [5.41, 5.74) is 0. The number of likely N-dealkylation sites (tertiary alicyclic amines) is 1. The fourth-order valence-electron chi connectivity index (χ4n) is 2.26. The molecule has 0 bridgehead atoms. The largest absolute Gasteiger partial charge is 0.306 e. The normalized spacial score (nSPS) is 40.9. The molecular weight excluding hydrogens is 134 g/mol. The Morgan fingerprint density at radius 3 is 2.45 bits per heavy atom. The van der Waals surface area contributed by atoms with Crippen molar-refractivity contribution in [2.24, 2.45) is 17.8 Å². The molecule has 11 heavy (non-hydrogen) atoms. The Bertz CT molecular complexity index is 122. The summed E-state index contributed by atoms with van der Waals surface area (Å²) < 4.78 is 0. The van der Waals surface area contributed by atoms with Crippen molar-refractivity contribution in [2.45, 2.75) is 27.2 Å². The first-order valence-corrected chi connectivity index (χ1v) is 4.83. The highest BCUT2D eigenvalue weighted by atomic mass is 15.1. The molecule has 3 unspecified atom stereocenters. The quantitative estimate of drug-likeness (QED) is 0.561. The third-order valence-corrected chi connectivity index (χ3v) is 3.31. The van der Waals surface area contributed by atoms with Crippen molar-refractivity contribution in [3.8, 4) is 0 Å². The molecule has 1 aliphatic heterocycles. The summed E-state index contributed by atoms with van der Waals surface area (Å²) >= 11 is 0. The van der Waals surface area contributed by atoms with E-state index in [2.05, 4.69) is 32.7 Å². The Balaban J connectivity index is 2.51. The van der Waals surface area contributed by atoms with Crippen LogP contribution in [0.3, 0.4) is 0 Å². The fraction of sp³-hybridized carbons (Fsp3) is 1.00. The molecule has 0 aromatic rings. The van der Waals surface area contributed by atoms with E-state index in [4.69, 9.17) is 0 Å². The van der Waals surface area contributed by atoms with Gasteiger partial charge in [0.2, 0.25) is 0 Å². The van der Waals surface area contributed by atoms with Crippen molar-refractivity contribution in [1.29, 1.82) is 0 Å². The lowest BCUT2D eigenvalue weighted by molar-refractivity contribution is 0.0968. The van der Waals surface area contributed by atoms with Gasteiger partial charge in [-0.15, -0.1) is 0 Å². The summed E-state index contributed by atoms with van der Waals surface area (Å²) in [4.78, 5) is 2.47. The minimum absolute atomic E-state index is 0.888. The van der Waals surface area contributed by atoms with Gasteiger partial charge in [0.1, 0.15) is 0 Å². The molecule has 0 amide bonds. The lowest BCUT2D eigenvalue weighted by Crippen LogP contribution is -2.41. The Morgan fingerprint density at radius 2 is 1.91 bits per heavy atom. The Morgan fingerprint density at radius 1 is 1.27 bits per heavy atom. The van der Waals surface area contributed by atoms with E-state index < -0.39 is 0 Å². The average molecular weight is 155 g/mol. The van der Waals surface area contributed by atoms with Crippen LogP contribution in [0, 0.1) is 17.8 Å². The second-order valence-electron chi connectivity index (χ2n) is 4.23. The van der Waals surface area contributed by atoms with Crippen molar-refractivity contribution in [3.63, 3.8) is 0 Å². The highest BCUT2D eigenvalue weighted by Crippen LogP contribution is 2.28. The van der Waals surface area contributed by atoms with Crippen LogP contribution < -0.4 is 0 Å². The van der Waals surface area contributed by atoms with E-state index in [9.17, 15) is 0 Å². The number of rotatable bonds is 1. The van der Waals surface area contributed by atoms with Gasteiger partial charge in [-0.05, 0) is 24.8 Å². The number of hydrogen-bond donors (Lipinski definition) is 0. The molecule has 0 spiro atoms. The lowest BCUT2D eigenvalue weighted by atomic mass is 9.79. The molecule has 66 valence electrons. The van der Waals surface area contributed by atoms with Crippen molar-refractivity contribution in [2.75, 3.05) is 20.1 Å². The van der Waals surface area contributed by atoms with Crippen molar-refractivity contribution >= 4 is 0 Å². The first kappa shape index (κ1) is 9.05. The molecule has 1 nitrogen and oxygen atoms in total. The van der Waals surface area contributed by atoms with E-state index in [-0.39, 0.29) is 0 Å². The summed E-state index contributed by atoms with van der Waals surface area (Å²) in [6.07, 6.45) is 1.34. The predicted molar refractivity (Wildman–Crippen MR) is 49.6 cm³/mol. The molecule has 0 N–H and O–H groups in total. The van der Waals surface area contributed by atoms with E-state index in [0.717, 1.165) is 17.8 Å². The highest BCUT2D eigenvalue weighted by Gasteiger charge is 2.28. The van der Waals surface area contributed by atoms with Crippen LogP contribution in [-0.4, -0.2) is 25.0 Å². The lowest BCUT2D eigenvalue weighted by Gasteiger charge is -2.39. The second kappa shape index (κ2) is 3.57. The molecule has 1 fully saturated rings. The molecule has 1 saturated heterocycles. The second-order valence-corrected chi connectivity index (χ2v) is 4.23. The SMILES string of the molecule is CCC1CN(C)CC(C)C1C. The minimum Gasteiger partial charge on any atom is -0.306 e. The van der Waals surface area contributed by atoms with E-state index >= 15 is 0 Å². The molecule has 0 aliphatic carbocycles. The molecule has 3 atom stereocenters. The van der Waals surface area contributed by atoms with Crippen molar-refractivity contribution in [3.05, 3.63) is 0 Å². The van der Waals surface area contributed by atoms with Gasteiger partial charge in [-0.3, -0.25) is 0 Å². The van der Waals surface area contributed by atoms with Crippen LogP contribution >= 0.6 is 0 Å². The van der Waals surface area contributed by atoms with Crippen LogP contribution in [0.15, 0.2) is 0 Å². The van der Waals surface area contributed by atoms with Gasteiger partial charge in [-0.1, -0.05) is 27.2 Å². The zero-order valence-corrected chi connectivity index (χ0v) is 8.30. The van der Waals surface area contributed by atoms with Crippen LogP contribution in [0.25, 0.3) is 0 Å². The molecular formula is C10H21N. The zero-order valence-electron chi connectivity index (χ0n) is 8.30. The van der Waals surface area contributed by atoms with E-state index in [1.54, 1.807) is 0 Å². The van der Waals surface area contributed by atoms with Crippen LogP contribution in [0.2, 0.25) is 0 Å². The van der Waals surface area contributed by atoms with Crippen LogP contribution in [0.1, 0.15) is 27.2 Å². The Kier molecular flexibility index (Phi) is 2.94. The topological polar surface area (TPSA) is 3.24 Å². The minimum atomic E-state index is 0.888. The van der Waals surface area contributed by atoms with Gasteiger partial charge < -0.3 is 4.90 Å². The van der Waals surface area contributed by atoms with Gasteiger partial charge >= 0.3 is 0 Å². The maximum atomic E-state index is 2.47. The third-order valence-electron chi connectivity index (χ3n) is 3.31. The standard InChI is InChI=1S/C10H21N/c1-5-10-7-11(4)6-8(2)9(10)3/h8-10H,5-7H2,1-4H3. The van der Waals surface area contributed by atoms with Crippen molar-refractivity contribution in [1.82, 2.24) is 4.90 Å². The molecule has 0 saturated carbocycles. The van der Waals surface area contributed by atoms with Gasteiger partial charge in [-0.25, -0.2) is 0 Å². The monoisotopic (exact) mass is 155 g/mol. The zero-order chi connectivity index (χ0) is 8.43. The summed E-state index contributed by atoms with van der Waals surface area (Å²) in [6, 6.07) is 0. The smallest absolute Gasteiger partial charge is 0.000928 e. The number of hydrogen-bond acceptors (Lipinski definition) is 1. The first-order valence-electron chi connectivity index (χ1n) is 4.83. The molecule has 0 radical (unpaired) electrons. The maximum absolute atomic E-state index is 2.47. The molecule has 1 heterocycles. The first-order chi connectivity index (χ1) is 5.15. The molecule has 0 aromatic heterocycles. The highest BCUT2D eigenvalue weighted by molar-refractivity contribution is 4.79. The van der Waals surface area contributed by atoms with Crippen molar-refractivity contribution < 1.29 is 0 Å². The number of piperidine rings is 1. The van der Waals surface area contributed by atoms with Gasteiger partial charge in [0.15, 0.2) is 0 Å². The van der Waals surface area contributed by atoms with Gasteiger partial charge in [0.05, 0.1) is 0 Å². The molecule has 1 aliphatic rings. The fourth-order valence-corrected chi connectivity index (χ4v) is 2.26.